The topological polar surface area (TPSA) is 61.8 Å². The quantitative estimate of drug-likeness (QED) is 0.365. The summed E-state index contributed by atoms with van der Waals surface area (Å²) in [4.78, 5) is 24.8. The van der Waals surface area contributed by atoms with Gasteiger partial charge < -0.3 is 14.2 Å². The van der Waals surface area contributed by atoms with Crippen molar-refractivity contribution in [3.8, 4) is 17.2 Å². The van der Waals surface area contributed by atoms with E-state index in [9.17, 15) is 9.59 Å². The first kappa shape index (κ1) is 18.5. The minimum absolute atomic E-state index is 0.183. The summed E-state index contributed by atoms with van der Waals surface area (Å²) in [5.41, 5.74) is 2.63. The van der Waals surface area contributed by atoms with Crippen LogP contribution in [-0.2, 0) is 0 Å². The number of hydrogen-bond acceptors (Lipinski definition) is 5. The van der Waals surface area contributed by atoms with E-state index in [-0.39, 0.29) is 11.5 Å². The van der Waals surface area contributed by atoms with E-state index in [1.165, 1.54) is 0 Å². The van der Waals surface area contributed by atoms with Gasteiger partial charge in [0.1, 0.15) is 17.2 Å². The molecule has 0 aliphatic carbocycles. The van der Waals surface area contributed by atoms with Crippen molar-refractivity contribution in [2.75, 3.05) is 7.11 Å². The van der Waals surface area contributed by atoms with E-state index in [2.05, 4.69) is 0 Å². The molecule has 0 saturated heterocycles. The van der Waals surface area contributed by atoms with Crippen LogP contribution in [0.5, 0.6) is 17.2 Å². The summed E-state index contributed by atoms with van der Waals surface area (Å²) in [6.07, 6.45) is 1.65. The van der Waals surface area contributed by atoms with E-state index in [1.54, 1.807) is 67.8 Å². The summed E-state index contributed by atoms with van der Waals surface area (Å²) in [7, 11) is 1.56. The molecule has 5 heteroatoms. The molecule has 3 aromatic carbocycles. The lowest BCUT2D eigenvalue weighted by Gasteiger charge is -2.07. The highest BCUT2D eigenvalue weighted by Crippen LogP contribution is 2.34. The predicted octanol–water partition coefficient (Wildman–Crippen LogP) is 4.84. The van der Waals surface area contributed by atoms with Crippen molar-refractivity contribution in [1.29, 1.82) is 0 Å². The van der Waals surface area contributed by atoms with Gasteiger partial charge in [-0.25, -0.2) is 4.79 Å². The Balaban J connectivity index is 1.49. The standard InChI is InChI=1S/C24H18O5/c1-15-5-3-4-6-19(15)24(26)28-17-9-7-16(8-10-17)13-22-23(25)20-12-11-18(27-2)14-21(20)29-22/h3-14H,1-2H3/b22-13-. The number of carbonyl (C=O) groups is 2. The molecule has 29 heavy (non-hydrogen) atoms. The molecule has 3 aromatic rings. The molecule has 0 bridgehead atoms. The van der Waals surface area contributed by atoms with Crippen molar-refractivity contribution < 1.29 is 23.8 Å². The van der Waals surface area contributed by atoms with Crippen LogP contribution in [0.25, 0.3) is 6.08 Å². The van der Waals surface area contributed by atoms with Gasteiger partial charge in [-0.15, -0.1) is 0 Å². The number of benzene rings is 3. The fourth-order valence-electron chi connectivity index (χ4n) is 3.04. The number of rotatable bonds is 4. The fourth-order valence-corrected chi connectivity index (χ4v) is 3.04. The molecular formula is C24H18O5. The van der Waals surface area contributed by atoms with Crippen LogP contribution in [0.1, 0.15) is 31.8 Å². The van der Waals surface area contributed by atoms with Gasteiger partial charge in [0.2, 0.25) is 5.78 Å². The highest BCUT2D eigenvalue weighted by molar-refractivity contribution is 6.14. The second-order valence-electron chi connectivity index (χ2n) is 6.58. The first-order chi connectivity index (χ1) is 14.0. The van der Waals surface area contributed by atoms with Crippen LogP contribution < -0.4 is 14.2 Å². The summed E-state index contributed by atoms with van der Waals surface area (Å²) in [6, 6.07) is 19.2. The second kappa shape index (κ2) is 7.64. The maximum absolute atomic E-state index is 12.5. The Morgan fingerprint density at radius 1 is 0.966 bits per heavy atom. The van der Waals surface area contributed by atoms with Gasteiger partial charge in [-0.05, 0) is 54.5 Å². The third-order valence-electron chi connectivity index (χ3n) is 4.63. The van der Waals surface area contributed by atoms with Crippen molar-refractivity contribution in [3.05, 3.63) is 94.7 Å². The number of ketones is 1. The van der Waals surface area contributed by atoms with Crippen LogP contribution in [0.4, 0.5) is 0 Å². The van der Waals surface area contributed by atoms with E-state index in [4.69, 9.17) is 14.2 Å². The minimum atomic E-state index is -0.409. The lowest BCUT2D eigenvalue weighted by molar-refractivity contribution is 0.0734. The molecule has 0 aromatic heterocycles. The van der Waals surface area contributed by atoms with Crippen molar-refractivity contribution in [3.63, 3.8) is 0 Å². The predicted molar refractivity (Wildman–Crippen MR) is 109 cm³/mol. The Hall–Kier alpha value is -3.86. The van der Waals surface area contributed by atoms with Crippen LogP contribution in [0.15, 0.2) is 72.5 Å². The number of methoxy groups -OCH3 is 1. The number of ether oxygens (including phenoxy) is 3. The Morgan fingerprint density at radius 3 is 2.41 bits per heavy atom. The Morgan fingerprint density at radius 2 is 1.69 bits per heavy atom. The zero-order chi connectivity index (χ0) is 20.4. The lowest BCUT2D eigenvalue weighted by Crippen LogP contribution is -2.09. The average Bonchev–Trinajstić information content (AvgIpc) is 3.04. The summed E-state index contributed by atoms with van der Waals surface area (Å²) in [5, 5.41) is 0. The van der Waals surface area contributed by atoms with Crippen LogP contribution in [0.2, 0.25) is 0 Å². The molecule has 0 radical (unpaired) electrons. The molecule has 0 atom stereocenters. The molecule has 1 aliphatic rings. The number of Topliss-reactive ketones (excluding diaryl/α,β-unsaturated/α-hetero) is 1. The van der Waals surface area contributed by atoms with Gasteiger partial charge in [0, 0.05) is 6.07 Å². The number of allylic oxidation sites excluding steroid dienone is 1. The van der Waals surface area contributed by atoms with E-state index < -0.39 is 5.97 Å². The number of esters is 1. The van der Waals surface area contributed by atoms with Gasteiger partial charge in [-0.2, -0.15) is 0 Å². The molecular weight excluding hydrogens is 368 g/mol. The average molecular weight is 386 g/mol. The molecule has 144 valence electrons. The molecule has 0 N–H and O–H groups in total. The molecule has 0 fully saturated rings. The van der Waals surface area contributed by atoms with E-state index in [1.807, 2.05) is 19.1 Å². The number of hydrogen-bond donors (Lipinski definition) is 0. The zero-order valence-electron chi connectivity index (χ0n) is 16.0. The highest BCUT2D eigenvalue weighted by atomic mass is 16.5. The maximum atomic E-state index is 12.5. The second-order valence-corrected chi connectivity index (χ2v) is 6.58. The molecule has 5 nitrogen and oxygen atoms in total. The van der Waals surface area contributed by atoms with Crippen molar-refractivity contribution >= 4 is 17.8 Å². The molecule has 0 amide bonds. The zero-order valence-corrected chi connectivity index (χ0v) is 16.0. The number of fused-ring (bicyclic) bond motifs is 1. The fraction of sp³-hybridized carbons (Fsp3) is 0.0833. The van der Waals surface area contributed by atoms with E-state index in [0.717, 1.165) is 11.1 Å². The van der Waals surface area contributed by atoms with Gasteiger partial charge in [-0.1, -0.05) is 30.3 Å². The highest BCUT2D eigenvalue weighted by Gasteiger charge is 2.27. The van der Waals surface area contributed by atoms with Crippen LogP contribution in [-0.4, -0.2) is 18.9 Å². The van der Waals surface area contributed by atoms with E-state index >= 15 is 0 Å². The number of aryl methyl sites for hydroxylation is 1. The van der Waals surface area contributed by atoms with Crippen LogP contribution in [0, 0.1) is 6.92 Å². The summed E-state index contributed by atoms with van der Waals surface area (Å²) in [6.45, 7) is 1.86. The van der Waals surface area contributed by atoms with Crippen LogP contribution >= 0.6 is 0 Å². The Labute approximate surface area is 168 Å². The molecule has 1 heterocycles. The minimum Gasteiger partial charge on any atom is -0.497 e. The third kappa shape index (κ3) is 3.75. The van der Waals surface area contributed by atoms with Gasteiger partial charge in [0.25, 0.3) is 0 Å². The molecule has 0 saturated carbocycles. The molecule has 4 rings (SSSR count). The molecule has 0 unspecified atom stereocenters. The van der Waals surface area contributed by atoms with E-state index in [0.29, 0.717) is 28.4 Å². The summed E-state index contributed by atoms with van der Waals surface area (Å²) >= 11 is 0. The molecule has 1 aliphatic heterocycles. The SMILES string of the molecule is COc1ccc2c(c1)O/C(=C\c1ccc(OC(=O)c3ccccc3C)cc1)C2=O. The van der Waals surface area contributed by atoms with Crippen molar-refractivity contribution in [2.24, 2.45) is 0 Å². The summed E-state index contributed by atoms with van der Waals surface area (Å²) < 4.78 is 16.3. The Bertz CT molecular complexity index is 1130. The Kier molecular flexibility index (Phi) is 4.87. The van der Waals surface area contributed by atoms with Gasteiger partial charge in [0.15, 0.2) is 5.76 Å². The largest absolute Gasteiger partial charge is 0.497 e. The van der Waals surface area contributed by atoms with Gasteiger partial charge in [-0.3, -0.25) is 4.79 Å². The van der Waals surface area contributed by atoms with Crippen molar-refractivity contribution in [2.45, 2.75) is 6.92 Å². The lowest BCUT2D eigenvalue weighted by atomic mass is 10.1. The smallest absolute Gasteiger partial charge is 0.343 e. The number of carbonyl (C=O) groups excluding carboxylic acids is 2. The normalized spacial score (nSPS) is 13.7. The monoisotopic (exact) mass is 386 g/mol. The van der Waals surface area contributed by atoms with Crippen molar-refractivity contribution in [1.82, 2.24) is 0 Å². The summed E-state index contributed by atoms with van der Waals surface area (Å²) in [5.74, 6) is 1.16. The van der Waals surface area contributed by atoms with Crippen LogP contribution in [0.3, 0.4) is 0 Å². The first-order valence-corrected chi connectivity index (χ1v) is 9.05. The van der Waals surface area contributed by atoms with Gasteiger partial charge >= 0.3 is 5.97 Å². The maximum Gasteiger partial charge on any atom is 0.343 e. The third-order valence-corrected chi connectivity index (χ3v) is 4.63. The first-order valence-electron chi connectivity index (χ1n) is 9.05. The molecule has 0 spiro atoms. The van der Waals surface area contributed by atoms with Gasteiger partial charge in [0.05, 0.1) is 18.2 Å².